The van der Waals surface area contributed by atoms with E-state index in [0.717, 1.165) is 23.8 Å². The number of ether oxygens (including phenoxy) is 1. The van der Waals surface area contributed by atoms with Gasteiger partial charge >= 0.3 is 5.97 Å². The smallest absolute Gasteiger partial charge is 0.320 e. The number of hydrogen-bond donors (Lipinski definition) is 2. The Balaban J connectivity index is 1.79. The molecule has 4 nitrogen and oxygen atoms in total. The number of rotatable bonds is 9. The summed E-state index contributed by atoms with van der Waals surface area (Å²) in [7, 11) is 0. The molecule has 21 heavy (non-hydrogen) atoms. The number of aliphatic carboxylic acids is 1. The molecule has 1 aliphatic carbocycles. The zero-order chi connectivity index (χ0) is 15.2. The first-order chi connectivity index (χ1) is 10.0. The van der Waals surface area contributed by atoms with Gasteiger partial charge in [0.25, 0.3) is 0 Å². The van der Waals surface area contributed by atoms with Crippen LogP contribution in [-0.4, -0.2) is 23.7 Å². The summed E-state index contributed by atoms with van der Waals surface area (Å²) in [5.41, 5.74) is 1.07. The molecule has 116 valence electrons. The van der Waals surface area contributed by atoms with E-state index in [1.807, 2.05) is 38.1 Å². The Morgan fingerprint density at radius 2 is 2.00 bits per heavy atom. The van der Waals surface area contributed by atoms with Gasteiger partial charge < -0.3 is 15.2 Å². The van der Waals surface area contributed by atoms with Gasteiger partial charge in [-0.25, -0.2) is 0 Å². The predicted octanol–water partition coefficient (Wildman–Crippen LogP) is 3.06. The molecule has 2 N–H and O–H groups in total. The first-order valence-electron chi connectivity index (χ1n) is 7.72. The van der Waals surface area contributed by atoms with Crippen molar-refractivity contribution in [2.45, 2.75) is 45.7 Å². The van der Waals surface area contributed by atoms with Crippen molar-refractivity contribution in [1.29, 1.82) is 0 Å². The minimum Gasteiger partial charge on any atom is -0.493 e. The van der Waals surface area contributed by atoms with E-state index in [0.29, 0.717) is 18.9 Å². The van der Waals surface area contributed by atoms with Crippen molar-refractivity contribution in [3.05, 3.63) is 29.8 Å². The first kappa shape index (κ1) is 15.8. The first-order valence-corrected chi connectivity index (χ1v) is 7.72. The van der Waals surface area contributed by atoms with Crippen LogP contribution in [0.5, 0.6) is 5.75 Å². The average molecular weight is 291 g/mol. The lowest BCUT2D eigenvalue weighted by molar-refractivity contribution is -0.140. The maximum absolute atomic E-state index is 11.2. The molecule has 0 spiro atoms. The lowest BCUT2D eigenvalue weighted by atomic mass is 10.0. The molecule has 1 aromatic carbocycles. The zero-order valence-electron chi connectivity index (χ0n) is 12.8. The standard InChI is InChI=1S/C17H25NO3/c1-12(2)9-16(17(19)20)18-10-13-5-7-15(8-6-13)21-11-14-3-4-14/h5-8,12,14,16,18H,3-4,9-11H2,1-2H3,(H,19,20)/t16-/m1/s1. The van der Waals surface area contributed by atoms with Crippen molar-refractivity contribution < 1.29 is 14.6 Å². The summed E-state index contributed by atoms with van der Waals surface area (Å²) in [6.45, 7) is 5.44. The van der Waals surface area contributed by atoms with Crippen molar-refractivity contribution in [1.82, 2.24) is 5.32 Å². The lowest BCUT2D eigenvalue weighted by Crippen LogP contribution is -2.37. The monoisotopic (exact) mass is 291 g/mol. The molecule has 1 atom stereocenters. The van der Waals surface area contributed by atoms with Crippen LogP contribution in [0.3, 0.4) is 0 Å². The highest BCUT2D eigenvalue weighted by molar-refractivity contribution is 5.73. The van der Waals surface area contributed by atoms with E-state index in [-0.39, 0.29) is 0 Å². The van der Waals surface area contributed by atoms with Gasteiger partial charge in [-0.15, -0.1) is 0 Å². The molecule has 1 fully saturated rings. The van der Waals surface area contributed by atoms with Gasteiger partial charge in [-0.05, 0) is 48.8 Å². The average Bonchev–Trinajstić information content (AvgIpc) is 3.26. The molecule has 0 radical (unpaired) electrons. The van der Waals surface area contributed by atoms with Gasteiger partial charge in [-0.2, -0.15) is 0 Å². The third kappa shape index (κ3) is 5.76. The molecule has 1 aliphatic rings. The minimum atomic E-state index is -0.784. The number of carbonyl (C=O) groups is 1. The molecule has 0 heterocycles. The number of nitrogens with one attached hydrogen (secondary N) is 1. The van der Waals surface area contributed by atoms with Crippen LogP contribution in [0, 0.1) is 11.8 Å². The van der Waals surface area contributed by atoms with Crippen LogP contribution in [0.15, 0.2) is 24.3 Å². The Morgan fingerprint density at radius 3 is 2.52 bits per heavy atom. The van der Waals surface area contributed by atoms with Crippen molar-refractivity contribution in [2.24, 2.45) is 11.8 Å². The lowest BCUT2D eigenvalue weighted by Gasteiger charge is -2.16. The molecule has 0 unspecified atom stereocenters. The number of benzene rings is 1. The normalized spacial score (nSPS) is 16.0. The van der Waals surface area contributed by atoms with Gasteiger partial charge in [0.15, 0.2) is 0 Å². The molecule has 4 heteroatoms. The maximum atomic E-state index is 11.2. The third-order valence-electron chi connectivity index (χ3n) is 3.66. The Hall–Kier alpha value is -1.55. The Bertz CT molecular complexity index is 452. The quantitative estimate of drug-likeness (QED) is 0.734. The minimum absolute atomic E-state index is 0.358. The molecule has 0 aromatic heterocycles. The van der Waals surface area contributed by atoms with Crippen LogP contribution in [0.2, 0.25) is 0 Å². The third-order valence-corrected chi connectivity index (χ3v) is 3.66. The maximum Gasteiger partial charge on any atom is 0.320 e. The summed E-state index contributed by atoms with van der Waals surface area (Å²) in [4.78, 5) is 11.2. The summed E-state index contributed by atoms with van der Waals surface area (Å²) in [6, 6.07) is 7.40. The van der Waals surface area contributed by atoms with Crippen LogP contribution < -0.4 is 10.1 Å². The van der Waals surface area contributed by atoms with Crippen LogP contribution in [0.25, 0.3) is 0 Å². The molecule has 0 bridgehead atoms. The zero-order valence-corrected chi connectivity index (χ0v) is 12.8. The van der Waals surface area contributed by atoms with Crippen molar-refractivity contribution in [2.75, 3.05) is 6.61 Å². The summed E-state index contributed by atoms with van der Waals surface area (Å²) in [6.07, 6.45) is 3.21. The van der Waals surface area contributed by atoms with E-state index >= 15 is 0 Å². The largest absolute Gasteiger partial charge is 0.493 e. The van der Waals surface area contributed by atoms with E-state index in [4.69, 9.17) is 4.74 Å². The Labute approximate surface area is 126 Å². The number of carboxylic acid groups (broad SMARTS) is 1. The van der Waals surface area contributed by atoms with Crippen LogP contribution in [0.1, 0.15) is 38.7 Å². The Kier molecular flexibility index (Phi) is 5.62. The molecule has 0 amide bonds. The molecular weight excluding hydrogens is 266 g/mol. The molecule has 0 saturated heterocycles. The number of hydrogen-bond acceptors (Lipinski definition) is 3. The second kappa shape index (κ2) is 7.46. The van der Waals surface area contributed by atoms with E-state index in [1.54, 1.807) is 0 Å². The summed E-state index contributed by atoms with van der Waals surface area (Å²) in [5, 5.41) is 12.3. The molecule has 1 aromatic rings. The highest BCUT2D eigenvalue weighted by atomic mass is 16.5. The molecule has 0 aliphatic heterocycles. The molecule has 1 saturated carbocycles. The van der Waals surface area contributed by atoms with Gasteiger partial charge in [-0.3, -0.25) is 4.79 Å². The van der Waals surface area contributed by atoms with E-state index in [1.165, 1.54) is 12.8 Å². The Morgan fingerprint density at radius 1 is 1.33 bits per heavy atom. The predicted molar refractivity (Wildman–Crippen MR) is 82.4 cm³/mol. The van der Waals surface area contributed by atoms with Gasteiger partial charge in [0.05, 0.1) is 6.61 Å². The van der Waals surface area contributed by atoms with Gasteiger partial charge in [0.2, 0.25) is 0 Å². The topological polar surface area (TPSA) is 58.6 Å². The van der Waals surface area contributed by atoms with Gasteiger partial charge in [0.1, 0.15) is 11.8 Å². The highest BCUT2D eigenvalue weighted by Crippen LogP contribution is 2.29. The van der Waals surface area contributed by atoms with Crippen molar-refractivity contribution >= 4 is 5.97 Å². The summed E-state index contributed by atoms with van der Waals surface area (Å²) in [5.74, 6) is 1.21. The summed E-state index contributed by atoms with van der Waals surface area (Å²) < 4.78 is 5.69. The van der Waals surface area contributed by atoms with Gasteiger partial charge in [0, 0.05) is 6.54 Å². The van der Waals surface area contributed by atoms with E-state index in [2.05, 4.69) is 5.32 Å². The van der Waals surface area contributed by atoms with Crippen LogP contribution in [-0.2, 0) is 11.3 Å². The van der Waals surface area contributed by atoms with Crippen molar-refractivity contribution in [3.8, 4) is 5.75 Å². The molecular formula is C17H25NO3. The SMILES string of the molecule is CC(C)C[C@@H](NCc1ccc(OCC2CC2)cc1)C(=O)O. The van der Waals surface area contributed by atoms with Crippen LogP contribution >= 0.6 is 0 Å². The fraction of sp³-hybridized carbons (Fsp3) is 0.588. The van der Waals surface area contributed by atoms with Crippen molar-refractivity contribution in [3.63, 3.8) is 0 Å². The van der Waals surface area contributed by atoms with E-state index in [9.17, 15) is 9.90 Å². The fourth-order valence-electron chi connectivity index (χ4n) is 2.19. The number of carboxylic acids is 1. The fourth-order valence-corrected chi connectivity index (χ4v) is 2.19. The van der Waals surface area contributed by atoms with Crippen LogP contribution in [0.4, 0.5) is 0 Å². The second-order valence-corrected chi connectivity index (χ2v) is 6.30. The van der Waals surface area contributed by atoms with Gasteiger partial charge in [-0.1, -0.05) is 26.0 Å². The summed E-state index contributed by atoms with van der Waals surface area (Å²) >= 11 is 0. The second-order valence-electron chi connectivity index (χ2n) is 6.30. The molecule has 2 rings (SSSR count). The van der Waals surface area contributed by atoms with E-state index < -0.39 is 12.0 Å². The highest BCUT2D eigenvalue weighted by Gasteiger charge is 2.22.